The molecule has 5 N–H and O–H groups in total. The van der Waals surface area contributed by atoms with E-state index in [1.54, 1.807) is 30.5 Å². The van der Waals surface area contributed by atoms with E-state index in [1.165, 1.54) is 11.9 Å². The van der Waals surface area contributed by atoms with Crippen LogP contribution in [0.1, 0.15) is 11.1 Å². The van der Waals surface area contributed by atoms with E-state index >= 15 is 0 Å². The van der Waals surface area contributed by atoms with Crippen LogP contribution in [0, 0.1) is 0 Å². The van der Waals surface area contributed by atoms with Crippen molar-refractivity contribution in [1.29, 1.82) is 0 Å². The monoisotopic (exact) mass is 529 g/mol. The van der Waals surface area contributed by atoms with E-state index < -0.39 is 12.6 Å². The molecule has 0 unspecified atom stereocenters. The largest absolute Gasteiger partial charge is 0.494 e. The number of carboxylic acids is 1. The zero-order valence-electron chi connectivity index (χ0n) is 21.4. The molecule has 202 valence electrons. The van der Waals surface area contributed by atoms with Crippen LogP contribution in [0.2, 0.25) is 0 Å². The molecule has 0 spiro atoms. The standard InChI is InChI=1S/C28H31N7O4/c29-20(13-19-5-2-1-3-6-19)16-34-9-11-35(12-10-34)27-25-23(28(38)33-26(25)31-18-32-27)15-30-21-7-4-8-22(14-21)39-17-24(36)37/h1-8,14-15,18,20,38H,9-13,16-17,29H2,(H,36,37)(H,31,32,33)/t20-/m1/s1. The molecule has 0 saturated carbocycles. The number of nitrogens with two attached hydrogens (primary N) is 1. The maximum Gasteiger partial charge on any atom is 0.341 e. The molecular weight excluding hydrogens is 498 g/mol. The number of nitrogens with one attached hydrogen (secondary N) is 1. The van der Waals surface area contributed by atoms with Crippen LogP contribution >= 0.6 is 0 Å². The van der Waals surface area contributed by atoms with Gasteiger partial charge in [-0.1, -0.05) is 36.4 Å². The molecule has 0 amide bonds. The Labute approximate surface area is 225 Å². The fraction of sp³-hybridized carbons (Fsp3) is 0.286. The van der Waals surface area contributed by atoms with E-state index in [-0.39, 0.29) is 11.9 Å². The summed E-state index contributed by atoms with van der Waals surface area (Å²) in [5.74, 6) is 0.000620. The lowest BCUT2D eigenvalue weighted by molar-refractivity contribution is -0.139. The molecule has 1 aliphatic heterocycles. The number of fused-ring (bicyclic) bond motifs is 1. The quantitative estimate of drug-likeness (QED) is 0.227. The Morgan fingerprint density at radius 3 is 2.69 bits per heavy atom. The van der Waals surface area contributed by atoms with Gasteiger partial charge in [0, 0.05) is 51.0 Å². The van der Waals surface area contributed by atoms with Gasteiger partial charge < -0.3 is 30.6 Å². The van der Waals surface area contributed by atoms with Gasteiger partial charge in [-0.05, 0) is 24.1 Å². The van der Waals surface area contributed by atoms with Crippen LogP contribution in [0.3, 0.4) is 0 Å². The van der Waals surface area contributed by atoms with Crippen LogP contribution in [-0.4, -0.2) is 87.6 Å². The van der Waals surface area contributed by atoms with Crippen molar-refractivity contribution in [2.75, 3.05) is 44.2 Å². The van der Waals surface area contributed by atoms with Gasteiger partial charge in [0.15, 0.2) is 12.5 Å². The third kappa shape index (κ3) is 6.51. The average Bonchev–Trinajstić information content (AvgIpc) is 3.27. The van der Waals surface area contributed by atoms with E-state index in [2.05, 4.69) is 41.9 Å². The van der Waals surface area contributed by atoms with Crippen LogP contribution in [0.15, 0.2) is 65.9 Å². The molecule has 0 aliphatic carbocycles. The summed E-state index contributed by atoms with van der Waals surface area (Å²) in [6.45, 7) is 3.59. The van der Waals surface area contributed by atoms with Gasteiger partial charge in [0.2, 0.25) is 0 Å². The number of anilines is 1. The van der Waals surface area contributed by atoms with Gasteiger partial charge in [-0.25, -0.2) is 14.8 Å². The second-order valence-electron chi connectivity index (χ2n) is 9.48. The summed E-state index contributed by atoms with van der Waals surface area (Å²) < 4.78 is 5.23. The molecular formula is C28H31N7O4. The van der Waals surface area contributed by atoms with Gasteiger partial charge in [-0.3, -0.25) is 9.89 Å². The Morgan fingerprint density at radius 2 is 1.92 bits per heavy atom. The van der Waals surface area contributed by atoms with Crippen molar-refractivity contribution in [3.8, 4) is 11.6 Å². The first-order valence-electron chi connectivity index (χ1n) is 12.8. The number of nitrogens with zero attached hydrogens (tertiary/aromatic N) is 5. The SMILES string of the molecule is N[C@H](Cc1ccccc1)CN1CCN(c2ncnc3[nH]c(O)c(C=Nc4cccc(OCC(=O)O)c4)c23)CC1. The van der Waals surface area contributed by atoms with E-state index in [4.69, 9.17) is 15.6 Å². The number of carboxylic acid groups (broad SMARTS) is 1. The van der Waals surface area contributed by atoms with Gasteiger partial charge in [0.1, 0.15) is 23.5 Å². The van der Waals surface area contributed by atoms with Crippen molar-refractivity contribution < 1.29 is 19.7 Å². The minimum absolute atomic E-state index is 0.0562. The average molecular weight is 530 g/mol. The second kappa shape index (κ2) is 11.9. The maximum atomic E-state index is 10.8. The Morgan fingerprint density at radius 1 is 1.13 bits per heavy atom. The molecule has 11 nitrogen and oxygen atoms in total. The van der Waals surface area contributed by atoms with Crippen LogP contribution in [-0.2, 0) is 11.2 Å². The molecule has 1 fully saturated rings. The van der Waals surface area contributed by atoms with E-state index in [0.29, 0.717) is 28.0 Å². The highest BCUT2D eigenvalue weighted by Gasteiger charge is 2.24. The topological polar surface area (TPSA) is 153 Å². The molecule has 1 atom stereocenters. The second-order valence-corrected chi connectivity index (χ2v) is 9.48. The van der Waals surface area contributed by atoms with Crippen LogP contribution in [0.5, 0.6) is 11.6 Å². The lowest BCUT2D eigenvalue weighted by Gasteiger charge is -2.36. The highest BCUT2D eigenvalue weighted by molar-refractivity contribution is 6.06. The summed E-state index contributed by atoms with van der Waals surface area (Å²) in [4.78, 5) is 31.6. The molecule has 2 aromatic carbocycles. The molecule has 5 rings (SSSR count). The Hall–Kier alpha value is -4.48. The van der Waals surface area contributed by atoms with Gasteiger partial charge in [-0.2, -0.15) is 0 Å². The summed E-state index contributed by atoms with van der Waals surface area (Å²) in [7, 11) is 0. The molecule has 3 heterocycles. The van der Waals surface area contributed by atoms with Crippen LogP contribution in [0.25, 0.3) is 11.0 Å². The first-order valence-corrected chi connectivity index (χ1v) is 12.8. The molecule has 39 heavy (non-hydrogen) atoms. The zero-order chi connectivity index (χ0) is 27.2. The molecule has 2 aromatic heterocycles. The summed E-state index contributed by atoms with van der Waals surface area (Å²) in [6.07, 6.45) is 3.88. The third-order valence-electron chi connectivity index (χ3n) is 6.62. The smallest absolute Gasteiger partial charge is 0.341 e. The predicted octanol–water partition coefficient (Wildman–Crippen LogP) is 2.57. The summed E-state index contributed by atoms with van der Waals surface area (Å²) >= 11 is 0. The summed E-state index contributed by atoms with van der Waals surface area (Å²) in [5.41, 5.74) is 9.23. The van der Waals surface area contributed by atoms with Gasteiger partial charge >= 0.3 is 5.97 Å². The molecule has 4 aromatic rings. The number of rotatable bonds is 10. The van der Waals surface area contributed by atoms with Gasteiger partial charge in [0.25, 0.3) is 0 Å². The highest BCUT2D eigenvalue weighted by atomic mass is 16.5. The maximum absolute atomic E-state index is 10.8. The molecule has 1 saturated heterocycles. The lowest BCUT2D eigenvalue weighted by Crippen LogP contribution is -2.50. The number of aromatic nitrogens is 3. The minimum atomic E-state index is -1.06. The van der Waals surface area contributed by atoms with Crippen molar-refractivity contribution in [2.24, 2.45) is 10.7 Å². The number of piperazine rings is 1. The minimum Gasteiger partial charge on any atom is -0.494 e. The number of benzene rings is 2. The number of ether oxygens (including phenoxy) is 1. The first kappa shape index (κ1) is 26.1. The highest BCUT2D eigenvalue weighted by Crippen LogP contribution is 2.32. The Bertz CT molecular complexity index is 1450. The number of hydrogen-bond donors (Lipinski definition) is 4. The number of H-pyrrole nitrogens is 1. The number of aromatic hydroxyl groups is 1. The Balaban J connectivity index is 1.28. The van der Waals surface area contributed by atoms with E-state index in [0.717, 1.165) is 45.0 Å². The predicted molar refractivity (Wildman–Crippen MR) is 149 cm³/mol. The van der Waals surface area contributed by atoms with Crippen LogP contribution < -0.4 is 15.4 Å². The Kier molecular flexibility index (Phi) is 7.99. The number of aliphatic carboxylic acids is 1. The number of carbonyl (C=O) groups is 1. The van der Waals surface area contributed by atoms with Crippen LogP contribution in [0.4, 0.5) is 11.5 Å². The number of aromatic amines is 1. The normalized spacial score (nSPS) is 15.2. The van der Waals surface area contributed by atoms with E-state index in [1.807, 2.05) is 18.2 Å². The van der Waals surface area contributed by atoms with Crippen molar-refractivity contribution in [3.63, 3.8) is 0 Å². The molecule has 11 heteroatoms. The summed E-state index contributed by atoms with van der Waals surface area (Å²) in [6, 6.07) is 17.1. The van der Waals surface area contributed by atoms with Crippen molar-refractivity contribution in [2.45, 2.75) is 12.5 Å². The molecule has 1 aliphatic rings. The third-order valence-corrected chi connectivity index (χ3v) is 6.62. The first-order chi connectivity index (χ1) is 19.0. The fourth-order valence-corrected chi connectivity index (χ4v) is 4.78. The van der Waals surface area contributed by atoms with Gasteiger partial charge in [-0.15, -0.1) is 0 Å². The van der Waals surface area contributed by atoms with Crippen molar-refractivity contribution in [1.82, 2.24) is 19.9 Å². The number of aliphatic imine (C=N–C) groups is 1. The van der Waals surface area contributed by atoms with E-state index in [9.17, 15) is 9.90 Å². The van der Waals surface area contributed by atoms with Crippen molar-refractivity contribution in [3.05, 3.63) is 72.1 Å². The van der Waals surface area contributed by atoms with Gasteiger partial charge in [0.05, 0.1) is 16.6 Å². The summed E-state index contributed by atoms with van der Waals surface area (Å²) in [5, 5.41) is 20.2. The number of hydrogen-bond acceptors (Lipinski definition) is 9. The van der Waals surface area contributed by atoms with Crippen molar-refractivity contribution >= 4 is 34.7 Å². The molecule has 0 radical (unpaired) electrons. The molecule has 0 bridgehead atoms. The fourth-order valence-electron chi connectivity index (χ4n) is 4.78. The lowest BCUT2D eigenvalue weighted by atomic mass is 10.1. The zero-order valence-corrected chi connectivity index (χ0v) is 21.4.